The van der Waals surface area contributed by atoms with E-state index in [4.69, 9.17) is 15.2 Å². The van der Waals surface area contributed by atoms with Gasteiger partial charge in [-0.3, -0.25) is 0 Å². The lowest BCUT2D eigenvalue weighted by Gasteiger charge is -2.44. The Labute approximate surface area is 168 Å². The topological polar surface area (TPSA) is 121 Å². The summed E-state index contributed by atoms with van der Waals surface area (Å²) < 4.78 is 51.5. The highest BCUT2D eigenvalue weighted by Crippen LogP contribution is 2.45. The molecule has 1 unspecified atom stereocenters. The zero-order chi connectivity index (χ0) is 21.5. The molecule has 1 saturated carbocycles. The molecule has 0 saturated heterocycles. The third-order valence-corrected chi connectivity index (χ3v) is 5.15. The maximum atomic E-state index is 13.0. The van der Waals surface area contributed by atoms with Crippen LogP contribution in [0.1, 0.15) is 31.7 Å². The van der Waals surface area contributed by atoms with Crippen molar-refractivity contribution in [3.8, 4) is 11.8 Å². The molecule has 4 rings (SSSR count). The maximum absolute atomic E-state index is 13.0. The number of nitrogen functional groups attached to an aromatic ring is 1. The molecule has 0 spiro atoms. The summed E-state index contributed by atoms with van der Waals surface area (Å²) in [6, 6.07) is 1.60. The molecule has 9 nitrogen and oxygen atoms in total. The van der Waals surface area contributed by atoms with Gasteiger partial charge in [-0.1, -0.05) is 0 Å². The highest BCUT2D eigenvalue weighted by molar-refractivity contribution is 5.91. The van der Waals surface area contributed by atoms with Gasteiger partial charge in [-0.2, -0.15) is 13.2 Å². The van der Waals surface area contributed by atoms with E-state index in [1.807, 2.05) is 0 Å². The molecule has 12 heteroatoms. The van der Waals surface area contributed by atoms with Crippen LogP contribution in [0.2, 0.25) is 0 Å². The summed E-state index contributed by atoms with van der Waals surface area (Å²) in [5.74, 6) is -0.383. The normalized spacial score (nSPS) is 17.0. The van der Waals surface area contributed by atoms with E-state index in [-0.39, 0.29) is 35.2 Å². The Morgan fingerprint density at radius 1 is 1.30 bits per heavy atom. The predicted molar refractivity (Wildman–Crippen MR) is 98.5 cm³/mol. The molecule has 160 valence electrons. The number of fused-ring (bicyclic) bond motifs is 1. The van der Waals surface area contributed by atoms with E-state index < -0.39 is 23.6 Å². The van der Waals surface area contributed by atoms with Crippen LogP contribution in [-0.2, 0) is 16.5 Å². The van der Waals surface area contributed by atoms with Crippen LogP contribution in [0.15, 0.2) is 24.7 Å². The number of anilines is 1. The number of pyridine rings is 1. The second kappa shape index (κ2) is 7.36. The number of nitrogens with zero attached hydrogens (tertiary/aromatic N) is 5. The van der Waals surface area contributed by atoms with Gasteiger partial charge >= 0.3 is 6.18 Å². The lowest BCUT2D eigenvalue weighted by Crippen LogP contribution is -2.52. The molecule has 1 fully saturated rings. The minimum atomic E-state index is -4.55. The fraction of sp³-hybridized carbons (Fsp3) is 0.444. The monoisotopic (exact) mass is 424 g/mol. The van der Waals surface area contributed by atoms with E-state index in [1.54, 1.807) is 6.92 Å². The first kappa shape index (κ1) is 20.3. The van der Waals surface area contributed by atoms with Gasteiger partial charge in [-0.05, 0) is 32.3 Å². The van der Waals surface area contributed by atoms with Gasteiger partial charge in [0.2, 0.25) is 5.88 Å². The zero-order valence-corrected chi connectivity index (χ0v) is 15.9. The molecule has 1 atom stereocenters. The van der Waals surface area contributed by atoms with Crippen molar-refractivity contribution in [2.45, 2.75) is 44.2 Å². The van der Waals surface area contributed by atoms with Gasteiger partial charge in [0.25, 0.3) is 5.88 Å². The summed E-state index contributed by atoms with van der Waals surface area (Å²) >= 11 is 0. The maximum Gasteiger partial charge on any atom is 0.416 e. The van der Waals surface area contributed by atoms with Gasteiger partial charge in [0.15, 0.2) is 11.9 Å². The molecule has 1 aliphatic rings. The molecule has 30 heavy (non-hydrogen) atoms. The van der Waals surface area contributed by atoms with E-state index in [9.17, 15) is 18.3 Å². The van der Waals surface area contributed by atoms with Crippen LogP contribution in [0.25, 0.3) is 11.0 Å². The Kier molecular flexibility index (Phi) is 4.98. The van der Waals surface area contributed by atoms with Crippen molar-refractivity contribution < 1.29 is 27.8 Å². The summed E-state index contributed by atoms with van der Waals surface area (Å²) in [7, 11) is 0. The largest absolute Gasteiger partial charge is 0.418 e. The quantitative estimate of drug-likeness (QED) is 0.580. The van der Waals surface area contributed by atoms with Crippen molar-refractivity contribution in [3.63, 3.8) is 0 Å². The van der Waals surface area contributed by atoms with E-state index >= 15 is 0 Å². The first-order valence-corrected chi connectivity index (χ1v) is 9.26. The van der Waals surface area contributed by atoms with Gasteiger partial charge in [0, 0.05) is 18.9 Å². The minimum absolute atomic E-state index is 0.0357. The van der Waals surface area contributed by atoms with E-state index in [1.165, 1.54) is 11.0 Å². The van der Waals surface area contributed by atoms with Crippen LogP contribution >= 0.6 is 0 Å². The minimum Gasteiger partial charge on any atom is -0.418 e. The van der Waals surface area contributed by atoms with E-state index in [2.05, 4.69) is 20.1 Å². The van der Waals surface area contributed by atoms with Crippen LogP contribution < -0.4 is 10.5 Å². The average molecular weight is 424 g/mol. The number of halogens is 3. The second-order valence-corrected chi connectivity index (χ2v) is 6.92. The van der Waals surface area contributed by atoms with E-state index in [0.29, 0.717) is 12.8 Å². The number of aromatic nitrogens is 5. The SMILES string of the molecule is CCOC(O)C1(n2nc(Oc3cc(C(F)(F)F)ccn3)c3c(N)ncnc32)CCC1. The molecule has 3 N–H and O–H groups in total. The number of aliphatic hydroxyl groups is 1. The highest BCUT2D eigenvalue weighted by atomic mass is 19.4. The molecule has 0 radical (unpaired) electrons. The summed E-state index contributed by atoms with van der Waals surface area (Å²) in [5, 5.41) is 15.2. The molecular weight excluding hydrogens is 405 g/mol. The van der Waals surface area contributed by atoms with Crippen molar-refractivity contribution in [1.29, 1.82) is 0 Å². The number of alkyl halides is 3. The Bertz CT molecular complexity index is 1070. The Hall–Kier alpha value is -2.99. The third kappa shape index (κ3) is 3.31. The fourth-order valence-electron chi connectivity index (χ4n) is 3.48. The summed E-state index contributed by atoms with van der Waals surface area (Å²) in [4.78, 5) is 12.0. The lowest BCUT2D eigenvalue weighted by atomic mass is 9.76. The van der Waals surface area contributed by atoms with Crippen LogP contribution in [0.5, 0.6) is 11.8 Å². The smallest absolute Gasteiger partial charge is 0.416 e. The van der Waals surface area contributed by atoms with Gasteiger partial charge in [0.1, 0.15) is 23.1 Å². The van der Waals surface area contributed by atoms with Crippen molar-refractivity contribution in [2.24, 2.45) is 0 Å². The van der Waals surface area contributed by atoms with E-state index in [0.717, 1.165) is 24.8 Å². The molecular formula is C18H19F3N6O3. The molecule has 0 bridgehead atoms. The number of nitrogens with two attached hydrogens (primary N) is 1. The highest BCUT2D eigenvalue weighted by Gasteiger charge is 2.49. The predicted octanol–water partition coefficient (Wildman–Crippen LogP) is 2.85. The first-order chi connectivity index (χ1) is 14.3. The number of aliphatic hydroxyl groups excluding tert-OH is 1. The number of hydrogen-bond acceptors (Lipinski definition) is 8. The molecule has 3 aromatic heterocycles. The summed E-state index contributed by atoms with van der Waals surface area (Å²) in [5.41, 5.74) is 4.46. The lowest BCUT2D eigenvalue weighted by molar-refractivity contribution is -0.191. The first-order valence-electron chi connectivity index (χ1n) is 9.26. The zero-order valence-electron chi connectivity index (χ0n) is 15.9. The summed E-state index contributed by atoms with van der Waals surface area (Å²) in [6.07, 6.45) is -1.52. The molecule has 1 aliphatic carbocycles. The molecule has 0 aliphatic heterocycles. The van der Waals surface area contributed by atoms with Crippen LogP contribution in [-0.4, -0.2) is 42.7 Å². The summed E-state index contributed by atoms with van der Waals surface area (Å²) in [6.45, 7) is 2.04. The van der Waals surface area contributed by atoms with Crippen molar-refractivity contribution in [1.82, 2.24) is 24.7 Å². The Morgan fingerprint density at radius 2 is 2.07 bits per heavy atom. The Balaban J connectivity index is 1.81. The average Bonchev–Trinajstić information content (AvgIpc) is 3.01. The third-order valence-electron chi connectivity index (χ3n) is 5.15. The van der Waals surface area contributed by atoms with Gasteiger partial charge < -0.3 is 20.3 Å². The molecule has 0 amide bonds. The number of ether oxygens (including phenoxy) is 2. The van der Waals surface area contributed by atoms with Gasteiger partial charge in [0.05, 0.1) is 5.56 Å². The standard InChI is InChI=1S/C18H19F3N6O3/c1-2-29-16(28)17(5-3-6-17)27-14-12(13(22)24-9-25-14)15(26-27)30-11-8-10(4-7-23-11)18(19,20)21/h4,7-9,16,28H,2-3,5-6H2,1H3,(H2,22,24,25). The van der Waals surface area contributed by atoms with Crippen molar-refractivity contribution in [3.05, 3.63) is 30.2 Å². The van der Waals surface area contributed by atoms with Gasteiger partial charge in [-0.25, -0.2) is 19.6 Å². The van der Waals surface area contributed by atoms with Crippen LogP contribution in [0.3, 0.4) is 0 Å². The van der Waals surface area contributed by atoms with Crippen molar-refractivity contribution in [2.75, 3.05) is 12.3 Å². The van der Waals surface area contributed by atoms with Crippen LogP contribution in [0.4, 0.5) is 19.0 Å². The van der Waals surface area contributed by atoms with Gasteiger partial charge in [-0.15, -0.1) is 5.10 Å². The second-order valence-electron chi connectivity index (χ2n) is 6.92. The molecule has 3 heterocycles. The molecule has 3 aromatic rings. The fourth-order valence-corrected chi connectivity index (χ4v) is 3.48. The Morgan fingerprint density at radius 3 is 2.70 bits per heavy atom. The number of hydrogen-bond donors (Lipinski definition) is 2. The van der Waals surface area contributed by atoms with Crippen LogP contribution in [0, 0.1) is 0 Å². The van der Waals surface area contributed by atoms with Crippen molar-refractivity contribution >= 4 is 16.9 Å². The number of rotatable bonds is 6. The molecule has 0 aromatic carbocycles.